The molecule has 2 rings (SSSR count). The van der Waals surface area contributed by atoms with Gasteiger partial charge in [-0.1, -0.05) is 0 Å². The quantitative estimate of drug-likeness (QED) is 0.871. The molecule has 1 aliphatic rings. The summed E-state index contributed by atoms with van der Waals surface area (Å²) in [6, 6.07) is 1.61. The highest BCUT2D eigenvalue weighted by Crippen LogP contribution is 2.33. The predicted octanol–water partition coefficient (Wildman–Crippen LogP) is 1.80. The summed E-state index contributed by atoms with van der Waals surface area (Å²) in [5, 5.41) is 0. The first-order valence-electron chi connectivity index (χ1n) is 5.73. The van der Waals surface area contributed by atoms with E-state index in [0.717, 1.165) is 22.6 Å². The second-order valence-electron chi connectivity index (χ2n) is 4.58. The molecule has 104 valence electrons. The molecule has 1 unspecified atom stereocenters. The van der Waals surface area contributed by atoms with Crippen LogP contribution < -0.4 is 10.5 Å². The SMILES string of the molecule is Cc1cc(S(=O)(=O)NC(CN)C2CC2)c(C)s1.Cl. The lowest BCUT2D eigenvalue weighted by atomic mass is 10.2. The summed E-state index contributed by atoms with van der Waals surface area (Å²) in [7, 11) is -3.41. The van der Waals surface area contributed by atoms with E-state index in [1.807, 2.05) is 13.8 Å². The van der Waals surface area contributed by atoms with Crippen molar-refractivity contribution < 1.29 is 8.42 Å². The molecule has 0 aromatic carbocycles. The molecule has 18 heavy (non-hydrogen) atoms. The first-order valence-corrected chi connectivity index (χ1v) is 8.03. The Morgan fingerprint density at radius 1 is 1.50 bits per heavy atom. The lowest BCUT2D eigenvalue weighted by Gasteiger charge is -2.15. The smallest absolute Gasteiger partial charge is 0.241 e. The highest BCUT2D eigenvalue weighted by atomic mass is 35.5. The van der Waals surface area contributed by atoms with Crippen molar-refractivity contribution in [2.24, 2.45) is 11.7 Å². The molecule has 1 aromatic rings. The van der Waals surface area contributed by atoms with Crippen molar-refractivity contribution in [3.63, 3.8) is 0 Å². The Hall–Kier alpha value is -0.140. The molecule has 1 saturated carbocycles. The molecule has 1 aliphatic carbocycles. The number of sulfonamides is 1. The third-order valence-electron chi connectivity index (χ3n) is 3.04. The molecule has 3 N–H and O–H groups in total. The molecule has 1 aromatic heterocycles. The van der Waals surface area contributed by atoms with Gasteiger partial charge in [0, 0.05) is 22.3 Å². The number of hydrogen-bond acceptors (Lipinski definition) is 4. The van der Waals surface area contributed by atoms with E-state index in [1.54, 1.807) is 6.07 Å². The van der Waals surface area contributed by atoms with E-state index in [9.17, 15) is 8.42 Å². The van der Waals surface area contributed by atoms with E-state index >= 15 is 0 Å². The van der Waals surface area contributed by atoms with Gasteiger partial charge in [0.1, 0.15) is 0 Å². The van der Waals surface area contributed by atoms with Crippen LogP contribution in [0.4, 0.5) is 0 Å². The third kappa shape index (κ3) is 3.45. The minimum absolute atomic E-state index is 0. The van der Waals surface area contributed by atoms with Crippen molar-refractivity contribution in [3.05, 3.63) is 15.8 Å². The van der Waals surface area contributed by atoms with E-state index in [1.165, 1.54) is 11.3 Å². The van der Waals surface area contributed by atoms with Crippen LogP contribution >= 0.6 is 23.7 Å². The second kappa shape index (κ2) is 5.88. The Labute approximate surface area is 118 Å². The van der Waals surface area contributed by atoms with Crippen molar-refractivity contribution in [2.45, 2.75) is 37.6 Å². The minimum atomic E-state index is -3.41. The van der Waals surface area contributed by atoms with Crippen molar-refractivity contribution in [1.29, 1.82) is 0 Å². The number of nitrogens with one attached hydrogen (secondary N) is 1. The first kappa shape index (κ1) is 15.9. The highest BCUT2D eigenvalue weighted by molar-refractivity contribution is 7.89. The number of hydrogen-bond donors (Lipinski definition) is 2. The van der Waals surface area contributed by atoms with Gasteiger partial charge in [-0.25, -0.2) is 13.1 Å². The standard InChI is InChI=1S/C11H18N2O2S2.ClH/c1-7-5-11(8(2)16-7)17(14,15)13-10(6-12)9-3-4-9;/h5,9-10,13H,3-4,6,12H2,1-2H3;1H. The van der Waals surface area contributed by atoms with Crippen LogP contribution in [0.5, 0.6) is 0 Å². The van der Waals surface area contributed by atoms with Gasteiger partial charge in [-0.15, -0.1) is 23.7 Å². The molecule has 0 aliphatic heterocycles. The first-order chi connectivity index (χ1) is 7.94. The molecule has 7 heteroatoms. The fourth-order valence-electron chi connectivity index (χ4n) is 1.97. The highest BCUT2D eigenvalue weighted by Gasteiger charge is 2.34. The van der Waals surface area contributed by atoms with Crippen molar-refractivity contribution in [2.75, 3.05) is 6.54 Å². The third-order valence-corrected chi connectivity index (χ3v) is 5.75. The minimum Gasteiger partial charge on any atom is -0.329 e. The zero-order valence-corrected chi connectivity index (χ0v) is 12.9. The maximum atomic E-state index is 12.2. The average molecular weight is 311 g/mol. The van der Waals surface area contributed by atoms with Crippen molar-refractivity contribution in [3.8, 4) is 0 Å². The van der Waals surface area contributed by atoms with E-state index < -0.39 is 10.0 Å². The molecular formula is C11H19ClN2O2S2. The van der Waals surface area contributed by atoms with Crippen LogP contribution in [0, 0.1) is 19.8 Å². The van der Waals surface area contributed by atoms with Crippen molar-refractivity contribution in [1.82, 2.24) is 4.72 Å². The molecule has 1 heterocycles. The van der Waals surface area contributed by atoms with Gasteiger partial charge in [0.15, 0.2) is 0 Å². The maximum absolute atomic E-state index is 12.2. The van der Waals surface area contributed by atoms with Crippen LogP contribution in [-0.4, -0.2) is 21.0 Å². The molecule has 0 radical (unpaired) electrons. The maximum Gasteiger partial charge on any atom is 0.241 e. The summed E-state index contributed by atoms with van der Waals surface area (Å²) in [6.45, 7) is 4.12. The summed E-state index contributed by atoms with van der Waals surface area (Å²) in [5.41, 5.74) is 5.62. The molecule has 1 fully saturated rings. The van der Waals surface area contributed by atoms with Gasteiger partial charge in [0.05, 0.1) is 4.90 Å². The van der Waals surface area contributed by atoms with E-state index in [2.05, 4.69) is 4.72 Å². The number of thiophene rings is 1. The predicted molar refractivity (Wildman–Crippen MR) is 76.9 cm³/mol. The molecule has 4 nitrogen and oxygen atoms in total. The summed E-state index contributed by atoms with van der Waals surface area (Å²) in [4.78, 5) is 2.25. The lowest BCUT2D eigenvalue weighted by Crippen LogP contribution is -2.41. The zero-order chi connectivity index (χ0) is 12.6. The Balaban J connectivity index is 0.00000162. The van der Waals surface area contributed by atoms with E-state index in [4.69, 9.17) is 5.73 Å². The van der Waals surface area contributed by atoms with Crippen LogP contribution in [0.3, 0.4) is 0 Å². The summed E-state index contributed by atoms with van der Waals surface area (Å²) in [5.74, 6) is 0.426. The number of aryl methyl sites for hydroxylation is 2. The molecular weight excluding hydrogens is 292 g/mol. The van der Waals surface area contributed by atoms with Crippen LogP contribution in [-0.2, 0) is 10.0 Å². The molecule has 0 amide bonds. The zero-order valence-electron chi connectivity index (χ0n) is 10.5. The Morgan fingerprint density at radius 3 is 2.50 bits per heavy atom. The second-order valence-corrected chi connectivity index (χ2v) is 7.72. The van der Waals surface area contributed by atoms with Gasteiger partial charge in [0.25, 0.3) is 0 Å². The largest absolute Gasteiger partial charge is 0.329 e. The summed E-state index contributed by atoms with van der Waals surface area (Å²) < 4.78 is 27.1. The Bertz CT molecular complexity index is 509. The molecule has 0 spiro atoms. The van der Waals surface area contributed by atoms with Crippen LogP contribution in [0.1, 0.15) is 22.6 Å². The fraction of sp³-hybridized carbons (Fsp3) is 0.636. The lowest BCUT2D eigenvalue weighted by molar-refractivity contribution is 0.519. The van der Waals surface area contributed by atoms with E-state index in [-0.39, 0.29) is 18.4 Å². The van der Waals surface area contributed by atoms with Gasteiger partial charge >= 0.3 is 0 Å². The summed E-state index contributed by atoms with van der Waals surface area (Å²) >= 11 is 1.50. The Kier molecular flexibility index (Phi) is 5.20. The monoisotopic (exact) mass is 310 g/mol. The topological polar surface area (TPSA) is 72.2 Å². The number of rotatable bonds is 5. The fourth-order valence-corrected chi connectivity index (χ4v) is 4.84. The van der Waals surface area contributed by atoms with Crippen LogP contribution in [0.25, 0.3) is 0 Å². The Morgan fingerprint density at radius 2 is 2.11 bits per heavy atom. The van der Waals surface area contributed by atoms with Gasteiger partial charge in [-0.2, -0.15) is 0 Å². The number of nitrogens with two attached hydrogens (primary N) is 1. The van der Waals surface area contributed by atoms with Crippen LogP contribution in [0.2, 0.25) is 0 Å². The normalized spacial score (nSPS) is 17.3. The van der Waals surface area contributed by atoms with E-state index in [0.29, 0.717) is 17.4 Å². The van der Waals surface area contributed by atoms with Gasteiger partial charge in [-0.3, -0.25) is 0 Å². The molecule has 0 saturated heterocycles. The van der Waals surface area contributed by atoms with Gasteiger partial charge in [-0.05, 0) is 38.7 Å². The van der Waals surface area contributed by atoms with Crippen LogP contribution in [0.15, 0.2) is 11.0 Å². The molecule has 0 bridgehead atoms. The van der Waals surface area contributed by atoms with Gasteiger partial charge < -0.3 is 5.73 Å². The molecule has 1 atom stereocenters. The van der Waals surface area contributed by atoms with Gasteiger partial charge in [0.2, 0.25) is 10.0 Å². The van der Waals surface area contributed by atoms with Crippen molar-refractivity contribution >= 4 is 33.8 Å². The number of halogens is 1. The average Bonchev–Trinajstić information content (AvgIpc) is 3.01. The summed E-state index contributed by atoms with van der Waals surface area (Å²) in [6.07, 6.45) is 2.15.